The van der Waals surface area contributed by atoms with Gasteiger partial charge >= 0.3 is 47.5 Å². The monoisotopic (exact) mass is 283 g/mol. The Kier molecular flexibility index (Phi) is 13.8. The zero-order chi connectivity index (χ0) is 14.0. The van der Waals surface area contributed by atoms with E-state index >= 15 is 0 Å². The summed E-state index contributed by atoms with van der Waals surface area (Å²) in [7, 11) is 1.22. The fourth-order valence-corrected chi connectivity index (χ4v) is 1.29. The van der Waals surface area contributed by atoms with Crippen LogP contribution >= 0.6 is 0 Å². The SMILES string of the molecule is CCCCCC(=O)OC(=O)CC[C@H](N)C(=O)OC.[H-].[Na+]. The van der Waals surface area contributed by atoms with Crippen LogP contribution in [0.2, 0.25) is 0 Å². The number of methoxy groups -OCH3 is 1. The third-order valence-electron chi connectivity index (χ3n) is 2.38. The van der Waals surface area contributed by atoms with Crippen LogP contribution in [0.5, 0.6) is 0 Å². The number of unbranched alkanes of at least 4 members (excludes halogenated alkanes) is 2. The second-order valence-electron chi connectivity index (χ2n) is 3.97. The van der Waals surface area contributed by atoms with E-state index in [0.717, 1.165) is 12.8 Å². The molecular weight excluding hydrogens is 261 g/mol. The summed E-state index contributed by atoms with van der Waals surface area (Å²) in [6.45, 7) is 2.02. The summed E-state index contributed by atoms with van der Waals surface area (Å²) in [5, 5.41) is 0. The Morgan fingerprint density at radius 2 is 1.74 bits per heavy atom. The van der Waals surface area contributed by atoms with Crippen LogP contribution in [0.1, 0.15) is 46.9 Å². The standard InChI is InChI=1S/C12H21NO5.Na.H/c1-3-4-5-6-10(14)18-11(15)8-7-9(13)12(16)17-2;;/h9H,3-8,13H2,1-2H3;;/q;+1;-1/t9-;;/m0../s1. The van der Waals surface area contributed by atoms with Crippen molar-refractivity contribution in [1.82, 2.24) is 0 Å². The van der Waals surface area contributed by atoms with E-state index in [2.05, 4.69) is 9.47 Å². The molecule has 0 fully saturated rings. The largest absolute Gasteiger partial charge is 1.00 e. The van der Waals surface area contributed by atoms with E-state index in [-0.39, 0.29) is 50.2 Å². The van der Waals surface area contributed by atoms with E-state index in [9.17, 15) is 14.4 Å². The summed E-state index contributed by atoms with van der Waals surface area (Å²) in [6.07, 6.45) is 2.90. The molecule has 0 heterocycles. The topological polar surface area (TPSA) is 95.7 Å². The van der Waals surface area contributed by atoms with Gasteiger partial charge in [-0.2, -0.15) is 0 Å². The summed E-state index contributed by atoms with van der Waals surface area (Å²) in [6, 6.07) is -0.863. The number of hydrogen-bond donors (Lipinski definition) is 1. The number of esters is 3. The molecule has 1 atom stereocenters. The summed E-state index contributed by atoms with van der Waals surface area (Å²) in [5.74, 6) is -1.77. The van der Waals surface area contributed by atoms with E-state index in [4.69, 9.17) is 5.73 Å². The molecule has 19 heavy (non-hydrogen) atoms. The molecule has 0 rings (SSSR count). The quantitative estimate of drug-likeness (QED) is 0.240. The van der Waals surface area contributed by atoms with Crippen LogP contribution in [-0.2, 0) is 23.9 Å². The first kappa shape index (κ1) is 20.9. The average Bonchev–Trinajstić information content (AvgIpc) is 2.35. The van der Waals surface area contributed by atoms with Crippen molar-refractivity contribution in [3.8, 4) is 0 Å². The number of rotatable bonds is 8. The normalized spacial score (nSPS) is 11.1. The van der Waals surface area contributed by atoms with Gasteiger partial charge in [-0.15, -0.1) is 0 Å². The van der Waals surface area contributed by atoms with Crippen molar-refractivity contribution >= 4 is 17.9 Å². The Labute approximate surface area is 137 Å². The van der Waals surface area contributed by atoms with Crippen molar-refractivity contribution in [1.29, 1.82) is 0 Å². The van der Waals surface area contributed by atoms with Crippen LogP contribution in [0.25, 0.3) is 0 Å². The number of ether oxygens (including phenoxy) is 2. The smallest absolute Gasteiger partial charge is 1.00 e. The Morgan fingerprint density at radius 3 is 2.26 bits per heavy atom. The van der Waals surface area contributed by atoms with Crippen molar-refractivity contribution in [2.75, 3.05) is 7.11 Å². The number of nitrogens with two attached hydrogens (primary N) is 1. The zero-order valence-electron chi connectivity index (χ0n) is 12.9. The molecule has 0 aliphatic carbocycles. The van der Waals surface area contributed by atoms with Gasteiger partial charge in [0.2, 0.25) is 0 Å². The molecule has 0 radical (unpaired) electrons. The molecule has 7 heteroatoms. The van der Waals surface area contributed by atoms with Gasteiger partial charge in [-0.25, -0.2) is 0 Å². The molecule has 0 aliphatic heterocycles. The van der Waals surface area contributed by atoms with Gasteiger partial charge < -0.3 is 16.6 Å². The molecule has 0 aromatic rings. The first-order valence-corrected chi connectivity index (χ1v) is 6.08. The predicted octanol–water partition coefficient (Wildman–Crippen LogP) is -1.97. The van der Waals surface area contributed by atoms with E-state index in [1.807, 2.05) is 6.92 Å². The van der Waals surface area contributed by atoms with E-state index in [1.54, 1.807) is 0 Å². The fourth-order valence-electron chi connectivity index (χ4n) is 1.29. The van der Waals surface area contributed by atoms with Crippen LogP contribution in [0, 0.1) is 0 Å². The number of carbonyl (C=O) groups is 3. The summed E-state index contributed by atoms with van der Waals surface area (Å²) >= 11 is 0. The first-order chi connectivity index (χ1) is 8.51. The maximum Gasteiger partial charge on any atom is 1.00 e. The van der Waals surface area contributed by atoms with Crippen molar-refractivity contribution in [3.63, 3.8) is 0 Å². The average molecular weight is 283 g/mol. The van der Waals surface area contributed by atoms with Crippen molar-refractivity contribution in [2.24, 2.45) is 5.73 Å². The van der Waals surface area contributed by atoms with Crippen LogP contribution in [0.15, 0.2) is 0 Å². The first-order valence-electron chi connectivity index (χ1n) is 6.08. The molecular formula is C12H22NNaO5. The molecule has 0 aromatic carbocycles. The minimum atomic E-state index is -0.863. The molecule has 0 saturated heterocycles. The minimum Gasteiger partial charge on any atom is -1.00 e. The van der Waals surface area contributed by atoms with Gasteiger partial charge in [0.05, 0.1) is 7.11 Å². The molecule has 2 N–H and O–H groups in total. The van der Waals surface area contributed by atoms with Crippen molar-refractivity contribution in [3.05, 3.63) is 0 Å². The van der Waals surface area contributed by atoms with Crippen molar-refractivity contribution < 1.29 is 54.8 Å². The van der Waals surface area contributed by atoms with Crippen molar-refractivity contribution in [2.45, 2.75) is 51.5 Å². The van der Waals surface area contributed by atoms with E-state index < -0.39 is 23.9 Å². The Hall–Kier alpha value is -0.430. The maximum atomic E-state index is 11.3. The van der Waals surface area contributed by atoms with Gasteiger partial charge in [0.1, 0.15) is 6.04 Å². The molecule has 0 unspecified atom stereocenters. The predicted molar refractivity (Wildman–Crippen MR) is 65.6 cm³/mol. The summed E-state index contributed by atoms with van der Waals surface area (Å²) in [5.41, 5.74) is 5.44. The van der Waals surface area contributed by atoms with Crippen LogP contribution in [0.4, 0.5) is 0 Å². The molecule has 0 bridgehead atoms. The van der Waals surface area contributed by atoms with E-state index in [0.29, 0.717) is 6.42 Å². The Bertz CT molecular complexity index is 302. The molecule has 0 spiro atoms. The summed E-state index contributed by atoms with van der Waals surface area (Å²) < 4.78 is 8.98. The van der Waals surface area contributed by atoms with Gasteiger partial charge in [0, 0.05) is 12.8 Å². The van der Waals surface area contributed by atoms with Gasteiger partial charge in [0.25, 0.3) is 0 Å². The summed E-state index contributed by atoms with van der Waals surface area (Å²) in [4.78, 5) is 33.4. The number of hydrogen-bond acceptors (Lipinski definition) is 6. The fraction of sp³-hybridized carbons (Fsp3) is 0.750. The second-order valence-corrected chi connectivity index (χ2v) is 3.97. The van der Waals surface area contributed by atoms with Crippen LogP contribution < -0.4 is 35.3 Å². The Balaban J connectivity index is -0.00000144. The van der Waals surface area contributed by atoms with Gasteiger partial charge in [-0.3, -0.25) is 14.4 Å². The van der Waals surface area contributed by atoms with Crippen LogP contribution in [0.3, 0.4) is 0 Å². The van der Waals surface area contributed by atoms with Gasteiger partial charge in [-0.05, 0) is 12.8 Å². The van der Waals surface area contributed by atoms with Gasteiger partial charge in [-0.1, -0.05) is 19.8 Å². The van der Waals surface area contributed by atoms with Gasteiger partial charge in [0.15, 0.2) is 0 Å². The molecule has 0 aliphatic rings. The maximum absolute atomic E-state index is 11.3. The second kappa shape index (κ2) is 12.6. The molecule has 0 saturated carbocycles. The van der Waals surface area contributed by atoms with E-state index in [1.165, 1.54) is 7.11 Å². The third kappa shape index (κ3) is 11.1. The third-order valence-corrected chi connectivity index (χ3v) is 2.38. The molecule has 106 valence electrons. The molecule has 0 aromatic heterocycles. The zero-order valence-corrected chi connectivity index (χ0v) is 13.9. The minimum absolute atomic E-state index is 0. The Morgan fingerprint density at radius 1 is 1.16 bits per heavy atom. The van der Waals surface area contributed by atoms with Crippen LogP contribution in [-0.4, -0.2) is 31.1 Å². The molecule has 6 nitrogen and oxygen atoms in total. The number of carbonyl (C=O) groups excluding carboxylic acids is 3. The molecule has 0 amide bonds.